The van der Waals surface area contributed by atoms with Crippen LogP contribution in [0, 0.1) is 0 Å². The Morgan fingerprint density at radius 1 is 1.40 bits per heavy atom. The van der Waals surface area contributed by atoms with Gasteiger partial charge in [0, 0.05) is 18.8 Å². The molecule has 0 saturated carbocycles. The predicted octanol–water partition coefficient (Wildman–Crippen LogP) is 1.62. The third-order valence-electron chi connectivity index (χ3n) is 2.97. The molecule has 0 aliphatic carbocycles. The first-order valence-electron chi connectivity index (χ1n) is 6.61. The maximum Gasteiger partial charge on any atom is 0.411 e. The van der Waals surface area contributed by atoms with Crippen LogP contribution in [-0.2, 0) is 9.47 Å². The summed E-state index contributed by atoms with van der Waals surface area (Å²) in [7, 11) is 1.59. The van der Waals surface area contributed by atoms with Gasteiger partial charge in [0.05, 0.1) is 13.2 Å². The number of rotatable bonds is 4. The summed E-state index contributed by atoms with van der Waals surface area (Å²) in [6, 6.07) is 7.04. The van der Waals surface area contributed by atoms with E-state index in [9.17, 15) is 4.79 Å². The first-order valence-corrected chi connectivity index (χ1v) is 6.61. The number of ether oxygens (including phenoxy) is 3. The normalized spacial score (nSPS) is 22.1. The SMILES string of the molecule is COc1ccc(NC(=O)OCC2CNCC(C)O2)cc1. The molecule has 1 aliphatic rings. The van der Waals surface area contributed by atoms with Crippen molar-refractivity contribution in [2.45, 2.75) is 19.1 Å². The first kappa shape index (κ1) is 14.6. The highest BCUT2D eigenvalue weighted by atomic mass is 16.6. The molecule has 6 heteroatoms. The van der Waals surface area contributed by atoms with Crippen molar-refractivity contribution in [3.8, 4) is 5.75 Å². The summed E-state index contributed by atoms with van der Waals surface area (Å²) >= 11 is 0. The van der Waals surface area contributed by atoms with E-state index in [2.05, 4.69) is 10.6 Å². The van der Waals surface area contributed by atoms with Gasteiger partial charge in [-0.1, -0.05) is 0 Å². The fourth-order valence-electron chi connectivity index (χ4n) is 1.97. The van der Waals surface area contributed by atoms with Crippen LogP contribution in [0.25, 0.3) is 0 Å². The van der Waals surface area contributed by atoms with Gasteiger partial charge in [0.15, 0.2) is 0 Å². The first-order chi connectivity index (χ1) is 9.67. The van der Waals surface area contributed by atoms with Gasteiger partial charge in [0.25, 0.3) is 0 Å². The molecule has 2 N–H and O–H groups in total. The van der Waals surface area contributed by atoms with Crippen molar-refractivity contribution in [2.75, 3.05) is 32.1 Å². The Hall–Kier alpha value is -1.79. The van der Waals surface area contributed by atoms with Crippen molar-refractivity contribution in [2.24, 2.45) is 0 Å². The molecule has 110 valence electrons. The quantitative estimate of drug-likeness (QED) is 0.877. The molecule has 1 heterocycles. The van der Waals surface area contributed by atoms with Gasteiger partial charge in [-0.3, -0.25) is 5.32 Å². The molecule has 0 spiro atoms. The number of hydrogen-bond donors (Lipinski definition) is 2. The zero-order valence-corrected chi connectivity index (χ0v) is 11.7. The lowest BCUT2D eigenvalue weighted by molar-refractivity contribution is -0.0533. The lowest BCUT2D eigenvalue weighted by atomic mass is 10.2. The molecule has 6 nitrogen and oxygen atoms in total. The molecule has 0 bridgehead atoms. The second kappa shape index (κ2) is 7.12. The molecular weight excluding hydrogens is 260 g/mol. The minimum atomic E-state index is -0.489. The molecule has 1 amide bonds. The number of morpholine rings is 1. The maximum atomic E-state index is 11.7. The third-order valence-corrected chi connectivity index (χ3v) is 2.97. The summed E-state index contributed by atoms with van der Waals surface area (Å²) in [5.41, 5.74) is 0.659. The van der Waals surface area contributed by atoms with Gasteiger partial charge in [-0.2, -0.15) is 0 Å². The second-order valence-electron chi connectivity index (χ2n) is 4.68. The van der Waals surface area contributed by atoms with Crippen LogP contribution < -0.4 is 15.4 Å². The van der Waals surface area contributed by atoms with Crippen molar-refractivity contribution in [3.63, 3.8) is 0 Å². The predicted molar refractivity (Wildman–Crippen MR) is 75.2 cm³/mol. The Morgan fingerprint density at radius 3 is 2.80 bits per heavy atom. The smallest absolute Gasteiger partial charge is 0.411 e. The molecule has 2 unspecified atom stereocenters. The van der Waals surface area contributed by atoms with Gasteiger partial charge in [0.1, 0.15) is 18.5 Å². The molecule has 2 atom stereocenters. The van der Waals surface area contributed by atoms with E-state index in [1.54, 1.807) is 31.4 Å². The highest BCUT2D eigenvalue weighted by Gasteiger charge is 2.20. The van der Waals surface area contributed by atoms with E-state index < -0.39 is 6.09 Å². The summed E-state index contributed by atoms with van der Waals surface area (Å²) in [4.78, 5) is 11.7. The second-order valence-corrected chi connectivity index (χ2v) is 4.68. The summed E-state index contributed by atoms with van der Waals surface area (Å²) in [5.74, 6) is 0.736. The van der Waals surface area contributed by atoms with Gasteiger partial charge >= 0.3 is 6.09 Å². The summed E-state index contributed by atoms with van der Waals surface area (Å²) in [6.45, 7) is 3.74. The zero-order chi connectivity index (χ0) is 14.4. The van der Waals surface area contributed by atoms with Crippen LogP contribution in [0.1, 0.15) is 6.92 Å². The summed E-state index contributed by atoms with van der Waals surface area (Å²) < 4.78 is 15.8. The van der Waals surface area contributed by atoms with Crippen LogP contribution in [-0.4, -0.2) is 45.1 Å². The molecule has 1 fully saturated rings. The minimum absolute atomic E-state index is 0.0969. The van der Waals surface area contributed by atoms with E-state index >= 15 is 0 Å². The Morgan fingerprint density at radius 2 is 2.15 bits per heavy atom. The maximum absolute atomic E-state index is 11.7. The van der Waals surface area contributed by atoms with Crippen molar-refractivity contribution >= 4 is 11.8 Å². The van der Waals surface area contributed by atoms with E-state index in [-0.39, 0.29) is 18.8 Å². The Labute approximate surface area is 118 Å². The van der Waals surface area contributed by atoms with Gasteiger partial charge in [-0.25, -0.2) is 4.79 Å². The molecular formula is C14H20N2O4. The number of benzene rings is 1. The summed E-state index contributed by atoms with van der Waals surface area (Å²) in [5, 5.41) is 5.87. The zero-order valence-electron chi connectivity index (χ0n) is 11.7. The van der Waals surface area contributed by atoms with Crippen molar-refractivity contribution in [1.82, 2.24) is 5.32 Å². The van der Waals surface area contributed by atoms with Crippen LogP contribution in [0.3, 0.4) is 0 Å². The van der Waals surface area contributed by atoms with E-state index in [0.717, 1.165) is 12.3 Å². The van der Waals surface area contributed by atoms with E-state index in [0.29, 0.717) is 12.2 Å². The number of carbonyl (C=O) groups is 1. The minimum Gasteiger partial charge on any atom is -0.497 e. The van der Waals surface area contributed by atoms with Crippen molar-refractivity contribution in [1.29, 1.82) is 0 Å². The largest absolute Gasteiger partial charge is 0.497 e. The molecule has 1 aliphatic heterocycles. The van der Waals surface area contributed by atoms with E-state index in [1.165, 1.54) is 0 Å². The van der Waals surface area contributed by atoms with Crippen LogP contribution in [0.15, 0.2) is 24.3 Å². The number of anilines is 1. The summed E-state index contributed by atoms with van der Waals surface area (Å²) in [6.07, 6.45) is -0.445. The molecule has 0 aromatic heterocycles. The van der Waals surface area contributed by atoms with Crippen LogP contribution in [0.4, 0.5) is 10.5 Å². The molecule has 1 saturated heterocycles. The van der Waals surface area contributed by atoms with E-state index in [4.69, 9.17) is 14.2 Å². The number of nitrogens with one attached hydrogen (secondary N) is 2. The van der Waals surface area contributed by atoms with Gasteiger partial charge in [-0.15, -0.1) is 0 Å². The van der Waals surface area contributed by atoms with Crippen LogP contribution >= 0.6 is 0 Å². The topological polar surface area (TPSA) is 68.8 Å². The van der Waals surface area contributed by atoms with Gasteiger partial charge < -0.3 is 19.5 Å². The van der Waals surface area contributed by atoms with Crippen LogP contribution in [0.2, 0.25) is 0 Å². The number of carbonyl (C=O) groups excluding carboxylic acids is 1. The Bertz CT molecular complexity index is 435. The lowest BCUT2D eigenvalue weighted by Crippen LogP contribution is -2.45. The average Bonchev–Trinajstić information content (AvgIpc) is 2.46. The lowest BCUT2D eigenvalue weighted by Gasteiger charge is -2.28. The molecule has 1 aromatic rings. The average molecular weight is 280 g/mol. The number of amides is 1. The fourth-order valence-corrected chi connectivity index (χ4v) is 1.97. The van der Waals surface area contributed by atoms with E-state index in [1.807, 2.05) is 6.92 Å². The van der Waals surface area contributed by atoms with Gasteiger partial charge in [0.2, 0.25) is 0 Å². The van der Waals surface area contributed by atoms with Gasteiger partial charge in [-0.05, 0) is 31.2 Å². The standard InChI is InChI=1S/C14H20N2O4/c1-10-7-15-8-13(20-10)9-19-14(17)16-11-3-5-12(18-2)6-4-11/h3-6,10,13,15H,7-9H2,1-2H3,(H,16,17). The fraction of sp³-hybridized carbons (Fsp3) is 0.500. The molecule has 20 heavy (non-hydrogen) atoms. The molecule has 0 radical (unpaired) electrons. The van der Waals surface area contributed by atoms with Crippen molar-refractivity contribution in [3.05, 3.63) is 24.3 Å². The highest BCUT2D eigenvalue weighted by Crippen LogP contribution is 2.15. The van der Waals surface area contributed by atoms with Crippen LogP contribution in [0.5, 0.6) is 5.75 Å². The van der Waals surface area contributed by atoms with Crippen molar-refractivity contribution < 1.29 is 19.0 Å². The highest BCUT2D eigenvalue weighted by molar-refractivity contribution is 5.84. The third kappa shape index (κ3) is 4.40. The Kier molecular flexibility index (Phi) is 5.20. The number of methoxy groups -OCH3 is 1. The molecule has 2 rings (SSSR count). The molecule has 1 aromatic carbocycles. The Balaban J connectivity index is 1.74. The number of hydrogen-bond acceptors (Lipinski definition) is 5. The monoisotopic (exact) mass is 280 g/mol.